The van der Waals surface area contributed by atoms with Gasteiger partial charge in [0.15, 0.2) is 5.52 Å². The molecule has 0 aliphatic heterocycles. The summed E-state index contributed by atoms with van der Waals surface area (Å²) >= 11 is 9.21. The summed E-state index contributed by atoms with van der Waals surface area (Å²) in [6.45, 7) is 0. The Hall–Kier alpha value is -1.92. The molecular formula is C13H8BrClN4O. The maximum absolute atomic E-state index is 11.9. The standard InChI is InChI=1S/C13H8BrClN4O/c14-7-4-10-11(16-6-7)12(20)19-13(18-10)17-9-3-1-2-8(15)5-9/h1-6H,(H2,17,18,19,20). The summed E-state index contributed by atoms with van der Waals surface area (Å²) in [6.07, 6.45) is 1.56. The van der Waals surface area contributed by atoms with Gasteiger partial charge >= 0.3 is 0 Å². The van der Waals surface area contributed by atoms with Crippen LogP contribution in [0.4, 0.5) is 11.6 Å². The van der Waals surface area contributed by atoms with E-state index in [-0.39, 0.29) is 5.56 Å². The Balaban J connectivity index is 2.06. The Morgan fingerprint density at radius 1 is 1.30 bits per heavy atom. The monoisotopic (exact) mass is 350 g/mol. The zero-order valence-electron chi connectivity index (χ0n) is 10.0. The van der Waals surface area contributed by atoms with Crippen molar-refractivity contribution in [1.29, 1.82) is 0 Å². The lowest BCUT2D eigenvalue weighted by Crippen LogP contribution is -2.12. The van der Waals surface area contributed by atoms with Gasteiger partial charge in [-0.1, -0.05) is 17.7 Å². The number of aromatic amines is 1. The Labute approximate surface area is 127 Å². The summed E-state index contributed by atoms with van der Waals surface area (Å²) in [5.74, 6) is 0.338. The first-order valence-electron chi connectivity index (χ1n) is 5.70. The van der Waals surface area contributed by atoms with E-state index in [1.807, 2.05) is 12.1 Å². The van der Waals surface area contributed by atoms with Crippen molar-refractivity contribution in [3.05, 3.63) is 56.4 Å². The Kier molecular flexibility index (Phi) is 3.42. The molecule has 0 bridgehead atoms. The molecule has 2 heterocycles. The largest absolute Gasteiger partial charge is 0.326 e. The lowest BCUT2D eigenvalue weighted by molar-refractivity contribution is 1.14. The fourth-order valence-corrected chi connectivity index (χ4v) is 2.28. The minimum absolute atomic E-state index is 0.296. The molecule has 5 nitrogen and oxygen atoms in total. The van der Waals surface area contributed by atoms with Gasteiger partial charge in [0.25, 0.3) is 5.56 Å². The van der Waals surface area contributed by atoms with Crippen LogP contribution in [-0.4, -0.2) is 15.0 Å². The van der Waals surface area contributed by atoms with Gasteiger partial charge in [-0.3, -0.25) is 9.78 Å². The van der Waals surface area contributed by atoms with Crippen molar-refractivity contribution in [2.75, 3.05) is 5.32 Å². The summed E-state index contributed by atoms with van der Waals surface area (Å²) in [6, 6.07) is 8.88. The summed E-state index contributed by atoms with van der Waals surface area (Å²) in [7, 11) is 0. The van der Waals surface area contributed by atoms with Crippen LogP contribution in [-0.2, 0) is 0 Å². The number of pyridine rings is 1. The second kappa shape index (κ2) is 5.22. The predicted octanol–water partition coefficient (Wildman–Crippen LogP) is 3.48. The molecule has 0 saturated heterocycles. The van der Waals surface area contributed by atoms with E-state index in [4.69, 9.17) is 11.6 Å². The number of nitrogens with zero attached hydrogens (tertiary/aromatic N) is 2. The normalized spacial score (nSPS) is 10.7. The molecule has 2 N–H and O–H groups in total. The Bertz CT molecular complexity index is 849. The summed E-state index contributed by atoms with van der Waals surface area (Å²) in [4.78, 5) is 22.9. The van der Waals surface area contributed by atoms with E-state index in [0.29, 0.717) is 22.0 Å². The van der Waals surface area contributed by atoms with Gasteiger partial charge < -0.3 is 5.32 Å². The van der Waals surface area contributed by atoms with E-state index in [1.54, 1.807) is 24.4 Å². The van der Waals surface area contributed by atoms with Crippen LogP contribution in [0.25, 0.3) is 11.0 Å². The average molecular weight is 352 g/mol. The van der Waals surface area contributed by atoms with E-state index < -0.39 is 0 Å². The van der Waals surface area contributed by atoms with Gasteiger partial charge in [-0.15, -0.1) is 0 Å². The topological polar surface area (TPSA) is 70.7 Å². The molecule has 1 aromatic carbocycles. The fourth-order valence-electron chi connectivity index (χ4n) is 1.77. The van der Waals surface area contributed by atoms with Crippen molar-refractivity contribution in [2.45, 2.75) is 0 Å². The van der Waals surface area contributed by atoms with Gasteiger partial charge in [0.1, 0.15) is 0 Å². The third-order valence-electron chi connectivity index (χ3n) is 2.60. The molecule has 0 atom stereocenters. The van der Waals surface area contributed by atoms with Crippen LogP contribution in [0.5, 0.6) is 0 Å². The number of anilines is 2. The number of hydrogen-bond donors (Lipinski definition) is 2. The van der Waals surface area contributed by atoms with Crippen molar-refractivity contribution in [3.8, 4) is 0 Å². The van der Waals surface area contributed by atoms with Gasteiger partial charge in [-0.2, -0.15) is 0 Å². The molecule has 3 rings (SSSR count). The maximum atomic E-state index is 11.9. The summed E-state index contributed by atoms with van der Waals surface area (Å²) < 4.78 is 0.761. The summed E-state index contributed by atoms with van der Waals surface area (Å²) in [5, 5.41) is 3.60. The minimum atomic E-state index is -0.299. The highest BCUT2D eigenvalue weighted by Gasteiger charge is 2.06. The molecule has 0 radical (unpaired) electrons. The Morgan fingerprint density at radius 2 is 2.15 bits per heavy atom. The molecule has 0 spiro atoms. The number of H-pyrrole nitrogens is 1. The molecule has 3 aromatic rings. The molecule has 20 heavy (non-hydrogen) atoms. The molecule has 2 aromatic heterocycles. The molecule has 0 fully saturated rings. The van der Waals surface area contributed by atoms with E-state index in [9.17, 15) is 4.79 Å². The first-order chi connectivity index (χ1) is 9.61. The third-order valence-corrected chi connectivity index (χ3v) is 3.27. The van der Waals surface area contributed by atoms with Gasteiger partial charge in [0, 0.05) is 21.4 Å². The SMILES string of the molecule is O=c1[nH]c(Nc2cccc(Cl)c2)nc2cc(Br)cnc12. The lowest BCUT2D eigenvalue weighted by atomic mass is 10.3. The van der Waals surface area contributed by atoms with Gasteiger partial charge in [-0.25, -0.2) is 9.97 Å². The van der Waals surface area contributed by atoms with Crippen LogP contribution in [0.2, 0.25) is 5.02 Å². The number of fused-ring (bicyclic) bond motifs is 1. The average Bonchev–Trinajstić information content (AvgIpc) is 2.38. The second-order valence-electron chi connectivity index (χ2n) is 4.07. The zero-order chi connectivity index (χ0) is 14.1. The molecule has 0 aliphatic carbocycles. The lowest BCUT2D eigenvalue weighted by Gasteiger charge is -2.06. The second-order valence-corrected chi connectivity index (χ2v) is 5.42. The van der Waals surface area contributed by atoms with Gasteiger partial charge in [0.05, 0.1) is 5.52 Å². The van der Waals surface area contributed by atoms with E-state index in [1.165, 1.54) is 0 Å². The molecule has 0 amide bonds. The van der Waals surface area contributed by atoms with Crippen molar-refractivity contribution in [1.82, 2.24) is 15.0 Å². The number of halogens is 2. The van der Waals surface area contributed by atoms with Crippen LogP contribution in [0.3, 0.4) is 0 Å². The number of hydrogen-bond acceptors (Lipinski definition) is 4. The van der Waals surface area contributed by atoms with Crippen LogP contribution in [0.1, 0.15) is 0 Å². The third kappa shape index (κ3) is 2.66. The highest BCUT2D eigenvalue weighted by atomic mass is 79.9. The molecule has 7 heteroatoms. The minimum Gasteiger partial charge on any atom is -0.326 e. The van der Waals surface area contributed by atoms with Crippen LogP contribution < -0.4 is 10.9 Å². The molecule has 100 valence electrons. The van der Waals surface area contributed by atoms with E-state index in [0.717, 1.165) is 10.2 Å². The Morgan fingerprint density at radius 3 is 2.95 bits per heavy atom. The summed E-state index contributed by atoms with van der Waals surface area (Å²) in [5.41, 5.74) is 1.24. The smallest absolute Gasteiger partial charge is 0.278 e. The first-order valence-corrected chi connectivity index (χ1v) is 6.87. The van der Waals surface area contributed by atoms with Crippen molar-refractivity contribution >= 4 is 50.2 Å². The number of nitrogens with one attached hydrogen (secondary N) is 2. The predicted molar refractivity (Wildman–Crippen MR) is 82.6 cm³/mol. The molecule has 0 saturated carbocycles. The quantitative estimate of drug-likeness (QED) is 0.741. The van der Waals surface area contributed by atoms with Crippen molar-refractivity contribution in [3.63, 3.8) is 0 Å². The van der Waals surface area contributed by atoms with Crippen molar-refractivity contribution in [2.24, 2.45) is 0 Å². The zero-order valence-corrected chi connectivity index (χ0v) is 12.4. The highest BCUT2D eigenvalue weighted by Crippen LogP contribution is 2.19. The molecule has 0 aliphatic rings. The fraction of sp³-hybridized carbons (Fsp3) is 0. The number of benzene rings is 1. The molecule has 0 unspecified atom stereocenters. The number of aromatic nitrogens is 3. The van der Waals surface area contributed by atoms with Crippen LogP contribution in [0, 0.1) is 0 Å². The van der Waals surface area contributed by atoms with Crippen LogP contribution >= 0.6 is 27.5 Å². The maximum Gasteiger partial charge on any atom is 0.278 e. The number of rotatable bonds is 2. The molecular weight excluding hydrogens is 344 g/mol. The van der Waals surface area contributed by atoms with Crippen molar-refractivity contribution < 1.29 is 0 Å². The highest BCUT2D eigenvalue weighted by molar-refractivity contribution is 9.10. The van der Waals surface area contributed by atoms with E-state index >= 15 is 0 Å². The van der Waals surface area contributed by atoms with E-state index in [2.05, 4.69) is 36.2 Å². The van der Waals surface area contributed by atoms with Gasteiger partial charge in [0.2, 0.25) is 5.95 Å². The van der Waals surface area contributed by atoms with Gasteiger partial charge in [-0.05, 0) is 40.2 Å². The first kappa shape index (κ1) is 13.1. The van der Waals surface area contributed by atoms with Crippen LogP contribution in [0.15, 0.2) is 45.8 Å².